The molecular formula is C23H35N3O5. The minimum absolute atomic E-state index is 0.0543. The Morgan fingerprint density at radius 2 is 1.84 bits per heavy atom. The molecule has 0 atom stereocenters. The fraction of sp³-hybridized carbons (Fsp3) is 0.609. The first-order chi connectivity index (χ1) is 14.7. The molecule has 1 aliphatic rings. The molecule has 0 saturated heterocycles. The van der Waals surface area contributed by atoms with E-state index in [1.165, 1.54) is 6.21 Å². The summed E-state index contributed by atoms with van der Waals surface area (Å²) in [6.07, 6.45) is 4.91. The second-order valence-corrected chi connectivity index (χ2v) is 8.43. The van der Waals surface area contributed by atoms with Crippen molar-refractivity contribution in [3.8, 4) is 11.5 Å². The minimum atomic E-state index is -0.679. The van der Waals surface area contributed by atoms with Gasteiger partial charge in [-0.2, -0.15) is 5.10 Å². The number of hydrogen-bond donors (Lipinski definition) is 1. The van der Waals surface area contributed by atoms with Crippen LogP contribution in [0.4, 0.5) is 4.79 Å². The number of amides is 2. The molecule has 0 aliphatic heterocycles. The molecule has 2 rings (SSSR count). The molecule has 0 aromatic heterocycles. The van der Waals surface area contributed by atoms with E-state index < -0.39 is 11.7 Å². The van der Waals surface area contributed by atoms with Gasteiger partial charge in [0.1, 0.15) is 5.60 Å². The van der Waals surface area contributed by atoms with Crippen LogP contribution in [0.15, 0.2) is 17.2 Å². The van der Waals surface area contributed by atoms with Gasteiger partial charge in [0.15, 0.2) is 11.5 Å². The highest BCUT2D eigenvalue weighted by Gasteiger charge is 2.25. The second-order valence-electron chi connectivity index (χ2n) is 8.43. The average Bonchev–Trinajstić information content (AvgIpc) is 3.21. The standard InChI is InChI=1S/C23H35N3O5/c1-7-26(8-2)21(27)17-13-14-19(29-6)20(30-16-11-9-10-12-16)18(17)15-24-25-22(28)31-23(3,4)5/h13-16H,7-12H2,1-6H3,(H,25,28)/b24-15+. The number of hydrazone groups is 1. The molecule has 2 amide bonds. The summed E-state index contributed by atoms with van der Waals surface area (Å²) in [5.74, 6) is 0.839. The molecule has 0 spiro atoms. The Labute approximate surface area is 184 Å². The van der Waals surface area contributed by atoms with Gasteiger partial charge < -0.3 is 19.1 Å². The smallest absolute Gasteiger partial charge is 0.428 e. The van der Waals surface area contributed by atoms with Crippen LogP contribution in [0, 0.1) is 0 Å². The van der Waals surface area contributed by atoms with E-state index >= 15 is 0 Å². The van der Waals surface area contributed by atoms with E-state index in [0.29, 0.717) is 35.7 Å². The normalized spacial score (nSPS) is 14.5. The predicted molar refractivity (Wildman–Crippen MR) is 120 cm³/mol. The molecule has 1 aromatic carbocycles. The van der Waals surface area contributed by atoms with Crippen LogP contribution in [-0.4, -0.2) is 55.0 Å². The third kappa shape index (κ3) is 6.87. The van der Waals surface area contributed by atoms with Crippen LogP contribution < -0.4 is 14.9 Å². The van der Waals surface area contributed by atoms with E-state index in [0.717, 1.165) is 25.7 Å². The van der Waals surface area contributed by atoms with Crippen molar-refractivity contribution in [1.29, 1.82) is 0 Å². The number of carbonyl (C=O) groups excluding carboxylic acids is 2. The van der Waals surface area contributed by atoms with Crippen LogP contribution in [0.1, 0.15) is 76.2 Å². The van der Waals surface area contributed by atoms with E-state index in [-0.39, 0.29) is 12.0 Å². The molecule has 0 unspecified atom stereocenters. The van der Waals surface area contributed by atoms with Crippen molar-refractivity contribution >= 4 is 18.2 Å². The SMILES string of the molecule is CCN(CC)C(=O)c1ccc(OC)c(OC2CCCC2)c1/C=N/NC(=O)OC(C)(C)C. The van der Waals surface area contributed by atoms with Crippen molar-refractivity contribution in [3.63, 3.8) is 0 Å². The maximum atomic E-state index is 13.2. The quantitative estimate of drug-likeness (QED) is 0.486. The Hall–Kier alpha value is -2.77. The van der Waals surface area contributed by atoms with E-state index in [9.17, 15) is 9.59 Å². The van der Waals surface area contributed by atoms with Gasteiger partial charge in [-0.15, -0.1) is 0 Å². The summed E-state index contributed by atoms with van der Waals surface area (Å²) in [7, 11) is 1.56. The van der Waals surface area contributed by atoms with E-state index in [1.54, 1.807) is 44.9 Å². The van der Waals surface area contributed by atoms with Crippen LogP contribution in [-0.2, 0) is 4.74 Å². The van der Waals surface area contributed by atoms with E-state index in [1.807, 2.05) is 13.8 Å². The van der Waals surface area contributed by atoms with Crippen molar-refractivity contribution in [2.75, 3.05) is 20.2 Å². The zero-order valence-electron chi connectivity index (χ0n) is 19.5. The number of carbonyl (C=O) groups is 2. The number of methoxy groups -OCH3 is 1. The Kier molecular flexibility index (Phi) is 8.71. The van der Waals surface area contributed by atoms with Crippen LogP contribution in [0.25, 0.3) is 0 Å². The Morgan fingerprint density at radius 3 is 2.39 bits per heavy atom. The molecule has 1 fully saturated rings. The van der Waals surface area contributed by atoms with Gasteiger partial charge in [-0.25, -0.2) is 10.2 Å². The highest BCUT2D eigenvalue weighted by Crippen LogP contribution is 2.36. The van der Waals surface area contributed by atoms with Crippen molar-refractivity contribution in [2.24, 2.45) is 5.10 Å². The van der Waals surface area contributed by atoms with Gasteiger partial charge in [0.2, 0.25) is 0 Å². The van der Waals surface area contributed by atoms with Crippen molar-refractivity contribution in [2.45, 2.75) is 72.0 Å². The predicted octanol–water partition coefficient (Wildman–Crippen LogP) is 4.36. The number of benzene rings is 1. The molecule has 0 radical (unpaired) electrons. The fourth-order valence-electron chi connectivity index (χ4n) is 3.48. The summed E-state index contributed by atoms with van der Waals surface area (Å²) in [6.45, 7) is 10.3. The lowest BCUT2D eigenvalue weighted by atomic mass is 10.0. The maximum absolute atomic E-state index is 13.2. The van der Waals surface area contributed by atoms with Gasteiger partial charge in [0.05, 0.1) is 30.6 Å². The number of nitrogens with one attached hydrogen (secondary N) is 1. The van der Waals surface area contributed by atoms with E-state index in [2.05, 4.69) is 10.5 Å². The third-order valence-corrected chi connectivity index (χ3v) is 5.00. The minimum Gasteiger partial charge on any atom is -0.493 e. The first kappa shape index (κ1) is 24.5. The zero-order chi connectivity index (χ0) is 23.0. The van der Waals surface area contributed by atoms with Gasteiger partial charge >= 0.3 is 6.09 Å². The molecule has 172 valence electrons. The molecule has 1 aliphatic carbocycles. The highest BCUT2D eigenvalue weighted by molar-refractivity contribution is 6.04. The van der Waals surface area contributed by atoms with Crippen molar-refractivity contribution in [1.82, 2.24) is 10.3 Å². The van der Waals surface area contributed by atoms with Crippen LogP contribution in [0.2, 0.25) is 0 Å². The molecule has 0 heterocycles. The number of nitrogens with zero attached hydrogens (tertiary/aromatic N) is 2. The molecular weight excluding hydrogens is 398 g/mol. The summed E-state index contributed by atoms with van der Waals surface area (Å²) < 4.78 is 17.0. The van der Waals surface area contributed by atoms with Gasteiger partial charge in [0, 0.05) is 13.1 Å². The van der Waals surface area contributed by atoms with E-state index in [4.69, 9.17) is 14.2 Å². The lowest BCUT2D eigenvalue weighted by Crippen LogP contribution is -2.32. The average molecular weight is 434 g/mol. The maximum Gasteiger partial charge on any atom is 0.428 e. The molecule has 1 N–H and O–H groups in total. The first-order valence-electron chi connectivity index (χ1n) is 10.9. The molecule has 0 bridgehead atoms. The molecule has 8 heteroatoms. The van der Waals surface area contributed by atoms with Crippen LogP contribution in [0.5, 0.6) is 11.5 Å². The topological polar surface area (TPSA) is 89.5 Å². The first-order valence-corrected chi connectivity index (χ1v) is 10.9. The number of ether oxygens (including phenoxy) is 3. The van der Waals surface area contributed by atoms with Crippen LogP contribution >= 0.6 is 0 Å². The lowest BCUT2D eigenvalue weighted by molar-refractivity contribution is 0.0529. The largest absolute Gasteiger partial charge is 0.493 e. The molecule has 8 nitrogen and oxygen atoms in total. The molecule has 1 saturated carbocycles. The Bertz CT molecular complexity index is 791. The van der Waals surface area contributed by atoms with Gasteiger partial charge in [-0.3, -0.25) is 4.79 Å². The lowest BCUT2D eigenvalue weighted by Gasteiger charge is -2.23. The third-order valence-electron chi connectivity index (χ3n) is 5.00. The summed E-state index contributed by atoms with van der Waals surface area (Å²) in [5, 5.41) is 4.03. The van der Waals surface area contributed by atoms with Crippen molar-refractivity contribution in [3.05, 3.63) is 23.3 Å². The Morgan fingerprint density at radius 1 is 1.19 bits per heavy atom. The van der Waals surface area contributed by atoms with Gasteiger partial charge in [-0.05, 0) is 72.4 Å². The monoisotopic (exact) mass is 433 g/mol. The summed E-state index contributed by atoms with van der Waals surface area (Å²) in [4.78, 5) is 26.9. The van der Waals surface area contributed by atoms with Crippen molar-refractivity contribution < 1.29 is 23.8 Å². The zero-order valence-corrected chi connectivity index (χ0v) is 19.5. The van der Waals surface area contributed by atoms with Gasteiger partial charge in [-0.1, -0.05) is 0 Å². The fourth-order valence-corrected chi connectivity index (χ4v) is 3.48. The molecule has 1 aromatic rings. The summed E-state index contributed by atoms with van der Waals surface area (Å²) in [6, 6.07) is 3.44. The summed E-state index contributed by atoms with van der Waals surface area (Å²) in [5.41, 5.74) is 2.62. The molecule has 31 heavy (non-hydrogen) atoms. The van der Waals surface area contributed by atoms with Crippen LogP contribution in [0.3, 0.4) is 0 Å². The highest BCUT2D eigenvalue weighted by atomic mass is 16.6. The summed E-state index contributed by atoms with van der Waals surface area (Å²) >= 11 is 0. The Balaban J connectivity index is 2.43. The number of rotatable bonds is 8. The number of hydrogen-bond acceptors (Lipinski definition) is 6. The van der Waals surface area contributed by atoms with Gasteiger partial charge in [0.25, 0.3) is 5.91 Å². The second kappa shape index (κ2) is 11.0.